The summed E-state index contributed by atoms with van der Waals surface area (Å²) in [4.78, 5) is 18.3. The van der Waals surface area contributed by atoms with Crippen molar-refractivity contribution in [3.05, 3.63) is 38.3 Å². The van der Waals surface area contributed by atoms with E-state index < -0.39 is 18.4 Å². The van der Waals surface area contributed by atoms with Crippen LogP contribution in [0, 0.1) is 0 Å². The summed E-state index contributed by atoms with van der Waals surface area (Å²) in [5.74, 6) is -3.09. The van der Waals surface area contributed by atoms with Crippen LogP contribution in [-0.2, 0) is 25.4 Å². The van der Waals surface area contributed by atoms with Gasteiger partial charge in [-0.3, -0.25) is 4.68 Å². The van der Waals surface area contributed by atoms with E-state index in [4.69, 9.17) is 0 Å². The number of halogens is 4. The maximum absolute atomic E-state index is 14.7. The third-order valence-electron chi connectivity index (χ3n) is 5.00. The van der Waals surface area contributed by atoms with Gasteiger partial charge in [-0.25, -0.2) is 9.78 Å². The van der Waals surface area contributed by atoms with E-state index in [1.165, 1.54) is 9.58 Å². The minimum absolute atomic E-state index is 0.0142. The number of pyridine rings is 1. The number of aliphatic hydroxyl groups excluding tert-OH is 1. The van der Waals surface area contributed by atoms with Gasteiger partial charge in [-0.2, -0.15) is 13.9 Å². The molecule has 7 nitrogen and oxygen atoms in total. The SMILES string of the molecule is O=C(Nc1ccnc(Br)c1Br)N1CCc2nn3c(c2C1)C(F)(F)CC[C@H](O)C3. The maximum atomic E-state index is 14.7. The fraction of sp³-hybridized carbons (Fsp3) is 0.471. The molecular formula is C17H17Br2F2N5O2. The Bertz CT molecular complexity index is 937. The number of carbonyl (C=O) groups is 1. The molecule has 4 rings (SSSR count). The molecule has 0 fully saturated rings. The molecule has 11 heteroatoms. The summed E-state index contributed by atoms with van der Waals surface area (Å²) in [6.07, 6.45) is 0.658. The van der Waals surface area contributed by atoms with Crippen molar-refractivity contribution in [1.82, 2.24) is 19.7 Å². The molecule has 0 aliphatic carbocycles. The molecule has 2 N–H and O–H groups in total. The van der Waals surface area contributed by atoms with Crippen LogP contribution >= 0.6 is 31.9 Å². The average molecular weight is 521 g/mol. The van der Waals surface area contributed by atoms with Crippen molar-refractivity contribution in [3.8, 4) is 0 Å². The molecule has 28 heavy (non-hydrogen) atoms. The number of hydrogen-bond acceptors (Lipinski definition) is 4. The Morgan fingerprint density at radius 3 is 2.96 bits per heavy atom. The van der Waals surface area contributed by atoms with E-state index in [0.717, 1.165) is 0 Å². The van der Waals surface area contributed by atoms with Crippen LogP contribution < -0.4 is 5.32 Å². The number of alkyl halides is 2. The van der Waals surface area contributed by atoms with Gasteiger partial charge < -0.3 is 15.3 Å². The molecular weight excluding hydrogens is 504 g/mol. The largest absolute Gasteiger partial charge is 0.391 e. The first-order chi connectivity index (χ1) is 13.3. The van der Waals surface area contributed by atoms with Gasteiger partial charge in [0.15, 0.2) is 0 Å². The fourth-order valence-electron chi connectivity index (χ4n) is 3.61. The zero-order valence-corrected chi connectivity index (χ0v) is 17.8. The number of hydrogen-bond donors (Lipinski definition) is 2. The highest BCUT2D eigenvalue weighted by molar-refractivity contribution is 9.13. The summed E-state index contributed by atoms with van der Waals surface area (Å²) in [5, 5.41) is 17.0. The van der Waals surface area contributed by atoms with E-state index in [2.05, 4.69) is 47.3 Å². The Labute approximate surface area is 176 Å². The van der Waals surface area contributed by atoms with Crippen molar-refractivity contribution in [1.29, 1.82) is 0 Å². The molecule has 0 bridgehead atoms. The molecule has 150 valence electrons. The fourth-order valence-corrected chi connectivity index (χ4v) is 4.27. The van der Waals surface area contributed by atoms with Gasteiger partial charge in [0.05, 0.1) is 35.0 Å². The highest BCUT2D eigenvalue weighted by Gasteiger charge is 2.43. The lowest BCUT2D eigenvalue weighted by Crippen LogP contribution is -2.39. The average Bonchev–Trinajstić information content (AvgIpc) is 2.96. The number of carbonyl (C=O) groups excluding carboxylic acids is 1. The molecule has 2 aliphatic rings. The molecule has 2 amide bonds. The summed E-state index contributed by atoms with van der Waals surface area (Å²) < 4.78 is 31.8. The number of urea groups is 1. The Balaban J connectivity index is 1.60. The number of aromatic nitrogens is 3. The Morgan fingerprint density at radius 2 is 2.18 bits per heavy atom. The van der Waals surface area contributed by atoms with Crippen molar-refractivity contribution >= 4 is 43.6 Å². The maximum Gasteiger partial charge on any atom is 0.322 e. The van der Waals surface area contributed by atoms with E-state index in [-0.39, 0.29) is 31.2 Å². The van der Waals surface area contributed by atoms with Gasteiger partial charge in [0.1, 0.15) is 10.3 Å². The number of aliphatic hydroxyl groups is 1. The van der Waals surface area contributed by atoms with Gasteiger partial charge in [0.25, 0.3) is 5.92 Å². The molecule has 0 unspecified atom stereocenters. The van der Waals surface area contributed by atoms with Crippen LogP contribution in [0.2, 0.25) is 0 Å². The minimum atomic E-state index is -3.09. The summed E-state index contributed by atoms with van der Waals surface area (Å²) in [7, 11) is 0. The van der Waals surface area contributed by atoms with Crippen LogP contribution in [0.25, 0.3) is 0 Å². The van der Waals surface area contributed by atoms with Crippen molar-refractivity contribution in [3.63, 3.8) is 0 Å². The van der Waals surface area contributed by atoms with E-state index in [1.54, 1.807) is 12.3 Å². The highest BCUT2D eigenvalue weighted by atomic mass is 79.9. The normalized spacial score (nSPS) is 20.9. The van der Waals surface area contributed by atoms with Crippen molar-refractivity contribution < 1.29 is 18.7 Å². The molecule has 2 aromatic rings. The summed E-state index contributed by atoms with van der Waals surface area (Å²) in [6.45, 7) is 0.460. The van der Waals surface area contributed by atoms with Gasteiger partial charge in [0, 0.05) is 31.1 Å². The molecule has 2 aromatic heterocycles. The second kappa shape index (κ2) is 7.34. The van der Waals surface area contributed by atoms with Crippen molar-refractivity contribution in [2.24, 2.45) is 0 Å². The molecule has 0 spiro atoms. The molecule has 0 radical (unpaired) electrons. The van der Waals surface area contributed by atoms with E-state index in [1.807, 2.05) is 0 Å². The van der Waals surface area contributed by atoms with Crippen LogP contribution in [0.1, 0.15) is 29.8 Å². The summed E-state index contributed by atoms with van der Waals surface area (Å²) in [6, 6.07) is 1.25. The van der Waals surface area contributed by atoms with Crippen molar-refractivity contribution in [2.45, 2.75) is 44.4 Å². The predicted molar refractivity (Wildman–Crippen MR) is 104 cm³/mol. The standard InChI is InChI=1S/C17H17Br2F2N5O2/c18-13-12(2-5-22-15(13)19)23-16(28)25-6-3-11-10(8-25)14-17(20,21)4-1-9(27)7-26(14)24-11/h2,5,9,27H,1,3-4,6-8H2,(H,22,23,28)/t9-/m0/s1. The Morgan fingerprint density at radius 1 is 1.39 bits per heavy atom. The third-order valence-corrected chi connectivity index (χ3v) is 6.93. The molecule has 0 saturated heterocycles. The van der Waals surface area contributed by atoms with E-state index in [9.17, 15) is 18.7 Å². The smallest absolute Gasteiger partial charge is 0.322 e. The number of anilines is 1. The third kappa shape index (κ3) is 3.55. The Kier molecular flexibility index (Phi) is 5.17. The highest BCUT2D eigenvalue weighted by Crippen LogP contribution is 2.40. The minimum Gasteiger partial charge on any atom is -0.391 e. The lowest BCUT2D eigenvalue weighted by molar-refractivity contribution is -0.0248. The second-order valence-corrected chi connectivity index (χ2v) is 8.46. The quantitative estimate of drug-likeness (QED) is 0.562. The lowest BCUT2D eigenvalue weighted by Gasteiger charge is -2.28. The van der Waals surface area contributed by atoms with Crippen LogP contribution in [0.3, 0.4) is 0 Å². The van der Waals surface area contributed by atoms with Crippen LogP contribution in [0.15, 0.2) is 21.3 Å². The summed E-state index contributed by atoms with van der Waals surface area (Å²) >= 11 is 6.63. The van der Waals surface area contributed by atoms with Crippen LogP contribution in [0.5, 0.6) is 0 Å². The Hall–Kier alpha value is -1.59. The summed E-state index contributed by atoms with van der Waals surface area (Å²) in [5.41, 5.74) is 1.31. The van der Waals surface area contributed by atoms with Gasteiger partial charge in [-0.1, -0.05) is 0 Å². The van der Waals surface area contributed by atoms with Crippen molar-refractivity contribution in [2.75, 3.05) is 11.9 Å². The zero-order chi connectivity index (χ0) is 20.1. The number of nitrogens with zero attached hydrogens (tertiary/aromatic N) is 4. The van der Waals surface area contributed by atoms with E-state index >= 15 is 0 Å². The molecule has 0 aromatic carbocycles. The first-order valence-corrected chi connectivity index (χ1v) is 10.4. The number of fused-ring (bicyclic) bond motifs is 3. The molecule has 1 atom stereocenters. The lowest BCUT2D eigenvalue weighted by atomic mass is 10.00. The van der Waals surface area contributed by atoms with E-state index in [0.29, 0.717) is 39.0 Å². The number of nitrogens with one attached hydrogen (secondary N) is 1. The second-order valence-electron chi connectivity index (χ2n) is 6.92. The number of rotatable bonds is 1. The van der Waals surface area contributed by atoms with Gasteiger partial charge in [-0.05, 0) is 44.3 Å². The molecule has 0 saturated carbocycles. The number of amides is 2. The first-order valence-electron chi connectivity index (χ1n) is 8.77. The zero-order valence-electron chi connectivity index (χ0n) is 14.6. The van der Waals surface area contributed by atoms with Gasteiger partial charge >= 0.3 is 6.03 Å². The predicted octanol–water partition coefficient (Wildman–Crippen LogP) is 3.64. The molecule has 4 heterocycles. The van der Waals surface area contributed by atoms with Gasteiger partial charge in [-0.15, -0.1) is 0 Å². The topological polar surface area (TPSA) is 83.3 Å². The van der Waals surface area contributed by atoms with Crippen LogP contribution in [-0.4, -0.2) is 43.5 Å². The van der Waals surface area contributed by atoms with Crippen LogP contribution in [0.4, 0.5) is 19.3 Å². The molecule has 2 aliphatic heterocycles. The van der Waals surface area contributed by atoms with Gasteiger partial charge in [0.2, 0.25) is 0 Å². The monoisotopic (exact) mass is 519 g/mol. The first kappa shape index (κ1) is 19.7.